The molecule has 1 N–H and O–H groups in total. The SMILES string of the molecule is CCC1(C)CN(C2CCCCC2)c2nc(Cl)ncc2NC1=O. The molecule has 0 aromatic carbocycles. The second kappa shape index (κ2) is 6.03. The van der Waals surface area contributed by atoms with E-state index in [-0.39, 0.29) is 11.2 Å². The fraction of sp³-hybridized carbons (Fsp3) is 0.688. The van der Waals surface area contributed by atoms with Gasteiger partial charge in [-0.15, -0.1) is 0 Å². The third-order valence-corrected chi connectivity index (χ3v) is 5.30. The zero-order valence-electron chi connectivity index (χ0n) is 13.2. The van der Waals surface area contributed by atoms with Gasteiger partial charge in [0, 0.05) is 12.6 Å². The van der Waals surface area contributed by atoms with Crippen LogP contribution in [0, 0.1) is 5.41 Å². The first kappa shape index (κ1) is 15.5. The minimum Gasteiger partial charge on any atom is -0.351 e. The summed E-state index contributed by atoms with van der Waals surface area (Å²) >= 11 is 6.01. The summed E-state index contributed by atoms with van der Waals surface area (Å²) in [6, 6.07) is 0.428. The van der Waals surface area contributed by atoms with Crippen molar-refractivity contribution in [2.24, 2.45) is 5.41 Å². The molecule has 1 unspecified atom stereocenters. The summed E-state index contributed by atoms with van der Waals surface area (Å²) in [7, 11) is 0. The van der Waals surface area contributed by atoms with Gasteiger partial charge in [0.05, 0.1) is 11.6 Å². The van der Waals surface area contributed by atoms with Gasteiger partial charge in [0.15, 0.2) is 5.82 Å². The van der Waals surface area contributed by atoms with Crippen molar-refractivity contribution < 1.29 is 4.79 Å². The number of anilines is 2. The average molecular weight is 323 g/mol. The van der Waals surface area contributed by atoms with Gasteiger partial charge in [0.1, 0.15) is 5.69 Å². The monoisotopic (exact) mass is 322 g/mol. The molecule has 1 amide bonds. The number of carbonyl (C=O) groups is 1. The Kier molecular flexibility index (Phi) is 4.26. The van der Waals surface area contributed by atoms with Gasteiger partial charge < -0.3 is 10.2 Å². The number of carbonyl (C=O) groups excluding carboxylic acids is 1. The third kappa shape index (κ3) is 2.78. The summed E-state index contributed by atoms with van der Waals surface area (Å²) in [6.45, 7) is 4.77. The van der Waals surface area contributed by atoms with E-state index in [1.54, 1.807) is 6.20 Å². The topological polar surface area (TPSA) is 58.1 Å². The van der Waals surface area contributed by atoms with E-state index in [9.17, 15) is 4.79 Å². The van der Waals surface area contributed by atoms with Crippen molar-refractivity contribution in [3.63, 3.8) is 0 Å². The first-order valence-corrected chi connectivity index (χ1v) is 8.52. The van der Waals surface area contributed by atoms with E-state index in [0.717, 1.165) is 25.1 Å². The molecule has 1 atom stereocenters. The molecule has 1 aromatic rings. The van der Waals surface area contributed by atoms with Gasteiger partial charge in [-0.2, -0.15) is 4.98 Å². The van der Waals surface area contributed by atoms with E-state index in [4.69, 9.17) is 11.6 Å². The molecule has 1 aliphatic heterocycles. The molecule has 2 aliphatic rings. The van der Waals surface area contributed by atoms with Crippen LogP contribution < -0.4 is 10.2 Å². The Labute approximate surface area is 136 Å². The van der Waals surface area contributed by atoms with Gasteiger partial charge in [-0.05, 0) is 37.8 Å². The zero-order valence-corrected chi connectivity index (χ0v) is 14.0. The molecule has 22 heavy (non-hydrogen) atoms. The van der Waals surface area contributed by atoms with Crippen molar-refractivity contribution >= 4 is 29.0 Å². The van der Waals surface area contributed by atoms with Gasteiger partial charge in [-0.3, -0.25) is 4.79 Å². The Morgan fingerprint density at radius 2 is 2.14 bits per heavy atom. The molecule has 1 aliphatic carbocycles. The average Bonchev–Trinajstić information content (AvgIpc) is 2.64. The number of aromatic nitrogens is 2. The molecule has 1 aromatic heterocycles. The number of nitrogens with zero attached hydrogens (tertiary/aromatic N) is 3. The fourth-order valence-corrected chi connectivity index (χ4v) is 3.55. The Morgan fingerprint density at radius 1 is 1.41 bits per heavy atom. The standard InChI is InChI=1S/C16H23ClN4O/c1-3-16(2)10-21(11-7-5-4-6-8-11)13-12(19-14(16)22)9-18-15(17)20-13/h9,11H,3-8,10H2,1-2H3,(H,19,22). The van der Waals surface area contributed by atoms with Gasteiger partial charge >= 0.3 is 0 Å². The van der Waals surface area contributed by atoms with Crippen LogP contribution >= 0.6 is 11.6 Å². The number of fused-ring (bicyclic) bond motifs is 1. The molecular weight excluding hydrogens is 300 g/mol. The van der Waals surface area contributed by atoms with E-state index >= 15 is 0 Å². The molecule has 1 saturated carbocycles. The summed E-state index contributed by atoms with van der Waals surface area (Å²) in [5.41, 5.74) is 0.252. The lowest BCUT2D eigenvalue weighted by Crippen LogP contribution is -2.46. The Bertz CT molecular complexity index is 573. The van der Waals surface area contributed by atoms with Crippen LogP contribution in [0.15, 0.2) is 6.20 Å². The molecule has 1 fully saturated rings. The first-order chi connectivity index (χ1) is 10.5. The van der Waals surface area contributed by atoms with Gasteiger partial charge in [-0.25, -0.2) is 4.98 Å². The zero-order chi connectivity index (χ0) is 15.7. The molecule has 3 rings (SSSR count). The van der Waals surface area contributed by atoms with Gasteiger partial charge in [-0.1, -0.05) is 26.2 Å². The highest BCUT2D eigenvalue weighted by atomic mass is 35.5. The summed E-state index contributed by atoms with van der Waals surface area (Å²) in [5.74, 6) is 0.818. The summed E-state index contributed by atoms with van der Waals surface area (Å²) in [5, 5.41) is 3.23. The van der Waals surface area contributed by atoms with E-state index < -0.39 is 5.41 Å². The third-order valence-electron chi connectivity index (χ3n) is 5.12. The van der Waals surface area contributed by atoms with Gasteiger partial charge in [0.25, 0.3) is 0 Å². The first-order valence-electron chi connectivity index (χ1n) is 8.14. The largest absolute Gasteiger partial charge is 0.351 e. The predicted octanol–water partition coefficient (Wildman–Crippen LogP) is 3.64. The number of halogens is 1. The van der Waals surface area contributed by atoms with Crippen LogP contribution in [0.25, 0.3) is 0 Å². The molecule has 5 nitrogen and oxygen atoms in total. The van der Waals surface area contributed by atoms with Crippen LogP contribution in [0.4, 0.5) is 11.5 Å². The van der Waals surface area contributed by atoms with Crippen LogP contribution in [0.2, 0.25) is 5.28 Å². The van der Waals surface area contributed by atoms with E-state index in [1.807, 2.05) is 6.92 Å². The van der Waals surface area contributed by atoms with Crippen molar-refractivity contribution in [3.8, 4) is 0 Å². The lowest BCUT2D eigenvalue weighted by Gasteiger charge is -2.38. The molecule has 2 heterocycles. The lowest BCUT2D eigenvalue weighted by molar-refractivity contribution is -0.124. The smallest absolute Gasteiger partial charge is 0.232 e. The Balaban J connectivity index is 2.03. The molecule has 0 radical (unpaired) electrons. The summed E-state index contributed by atoms with van der Waals surface area (Å²) in [6.07, 6.45) is 8.48. The highest BCUT2D eigenvalue weighted by Crippen LogP contribution is 2.38. The quantitative estimate of drug-likeness (QED) is 0.845. The molecule has 120 valence electrons. The number of amides is 1. The van der Waals surface area contributed by atoms with Crippen LogP contribution in [0.5, 0.6) is 0 Å². The Hall–Kier alpha value is -1.36. The van der Waals surface area contributed by atoms with E-state index in [2.05, 4.69) is 27.1 Å². The van der Waals surface area contributed by atoms with Crippen molar-refractivity contribution in [2.45, 2.75) is 58.4 Å². The molecule has 0 bridgehead atoms. The molecule has 0 saturated heterocycles. The molecule has 0 spiro atoms. The maximum atomic E-state index is 12.6. The number of rotatable bonds is 2. The fourth-order valence-electron chi connectivity index (χ4n) is 3.42. The van der Waals surface area contributed by atoms with Crippen molar-refractivity contribution in [2.75, 3.05) is 16.8 Å². The minimum atomic E-state index is -0.426. The van der Waals surface area contributed by atoms with Gasteiger partial charge in [0.2, 0.25) is 11.2 Å². The maximum absolute atomic E-state index is 12.6. The minimum absolute atomic E-state index is 0.0421. The molecular formula is C16H23ClN4O. The number of hydrogen-bond donors (Lipinski definition) is 1. The van der Waals surface area contributed by atoms with Crippen LogP contribution in [-0.2, 0) is 4.79 Å². The second-order valence-electron chi connectivity index (χ2n) is 6.66. The summed E-state index contributed by atoms with van der Waals surface area (Å²) < 4.78 is 0. The van der Waals surface area contributed by atoms with Crippen LogP contribution in [-0.4, -0.2) is 28.5 Å². The Morgan fingerprint density at radius 3 is 2.82 bits per heavy atom. The van der Waals surface area contributed by atoms with E-state index in [0.29, 0.717) is 18.3 Å². The van der Waals surface area contributed by atoms with E-state index in [1.165, 1.54) is 19.3 Å². The van der Waals surface area contributed by atoms with Crippen molar-refractivity contribution in [3.05, 3.63) is 11.5 Å². The second-order valence-corrected chi connectivity index (χ2v) is 7.00. The number of nitrogens with one attached hydrogen (secondary N) is 1. The maximum Gasteiger partial charge on any atom is 0.232 e. The van der Waals surface area contributed by atoms with Crippen molar-refractivity contribution in [1.29, 1.82) is 0 Å². The normalized spacial score (nSPS) is 26.3. The highest BCUT2D eigenvalue weighted by Gasteiger charge is 2.40. The number of hydrogen-bond acceptors (Lipinski definition) is 4. The summed E-state index contributed by atoms with van der Waals surface area (Å²) in [4.78, 5) is 23.4. The van der Waals surface area contributed by atoms with Crippen LogP contribution in [0.1, 0.15) is 52.4 Å². The predicted molar refractivity (Wildman–Crippen MR) is 88.3 cm³/mol. The molecule has 6 heteroatoms. The highest BCUT2D eigenvalue weighted by molar-refractivity contribution is 6.28. The van der Waals surface area contributed by atoms with Crippen molar-refractivity contribution in [1.82, 2.24) is 9.97 Å². The lowest BCUT2D eigenvalue weighted by atomic mass is 9.84. The van der Waals surface area contributed by atoms with Crippen LogP contribution in [0.3, 0.4) is 0 Å².